The second kappa shape index (κ2) is 4.67. The Hall–Kier alpha value is -1.69. The van der Waals surface area contributed by atoms with E-state index in [1.807, 2.05) is 14.1 Å². The lowest BCUT2D eigenvalue weighted by Crippen LogP contribution is -2.31. The Morgan fingerprint density at radius 3 is 2.94 bits per heavy atom. The maximum absolute atomic E-state index is 5.59. The van der Waals surface area contributed by atoms with Crippen LogP contribution in [0.25, 0.3) is 11.0 Å². The van der Waals surface area contributed by atoms with Crippen LogP contribution in [-0.4, -0.2) is 39.4 Å². The van der Waals surface area contributed by atoms with Gasteiger partial charge in [0, 0.05) is 20.1 Å². The fraction of sp³-hybridized carbons (Fsp3) is 0.545. The van der Waals surface area contributed by atoms with E-state index in [0.29, 0.717) is 12.6 Å². The van der Waals surface area contributed by atoms with Crippen molar-refractivity contribution in [3.8, 4) is 0 Å². The largest absolute Gasteiger partial charge is 0.356 e. The topological polar surface area (TPSA) is 72.9 Å². The zero-order valence-electron chi connectivity index (χ0n) is 10.5. The summed E-state index contributed by atoms with van der Waals surface area (Å²) in [5.74, 6) is 0.907. The minimum absolute atomic E-state index is 0.346. The molecular weight excluding hydrogens is 216 g/mol. The lowest BCUT2D eigenvalue weighted by molar-refractivity contribution is 0.631. The molecule has 0 spiro atoms. The Labute approximate surface area is 100 Å². The van der Waals surface area contributed by atoms with E-state index in [9.17, 15) is 0 Å². The molecule has 0 saturated carbocycles. The van der Waals surface area contributed by atoms with Crippen molar-refractivity contribution in [1.29, 1.82) is 0 Å². The average Bonchev–Trinajstić information content (AvgIpc) is 2.71. The quantitative estimate of drug-likeness (QED) is 0.835. The van der Waals surface area contributed by atoms with Crippen molar-refractivity contribution in [2.75, 3.05) is 18.5 Å². The van der Waals surface area contributed by atoms with Crippen LogP contribution in [0.5, 0.6) is 0 Å². The molecule has 92 valence electrons. The number of aryl methyl sites for hydroxylation is 1. The van der Waals surface area contributed by atoms with Crippen LogP contribution < -0.4 is 10.6 Å². The third-order valence-corrected chi connectivity index (χ3v) is 3.09. The van der Waals surface area contributed by atoms with E-state index in [1.165, 1.54) is 0 Å². The van der Waals surface area contributed by atoms with Gasteiger partial charge in [0.15, 0.2) is 5.65 Å². The van der Waals surface area contributed by atoms with Gasteiger partial charge in [-0.2, -0.15) is 5.10 Å². The van der Waals surface area contributed by atoms with Crippen LogP contribution in [0.3, 0.4) is 0 Å². The lowest BCUT2D eigenvalue weighted by atomic mass is 10.2. The highest BCUT2D eigenvalue weighted by Crippen LogP contribution is 2.22. The molecule has 0 saturated heterocycles. The Morgan fingerprint density at radius 1 is 1.47 bits per heavy atom. The van der Waals surface area contributed by atoms with Gasteiger partial charge in [0.05, 0.1) is 11.6 Å². The van der Waals surface area contributed by atoms with Crippen LogP contribution in [0, 0.1) is 0 Å². The van der Waals surface area contributed by atoms with Crippen molar-refractivity contribution in [2.45, 2.75) is 19.4 Å². The standard InChI is InChI=1S/C11H18N6/c1-8(4-5-12)16(2)10-9-6-15-17(3)11(9)14-7-13-10/h6-8H,4-5,12H2,1-3H3. The van der Waals surface area contributed by atoms with Crippen molar-refractivity contribution in [3.63, 3.8) is 0 Å². The van der Waals surface area contributed by atoms with Crippen LogP contribution in [0.1, 0.15) is 13.3 Å². The zero-order valence-corrected chi connectivity index (χ0v) is 10.5. The van der Waals surface area contributed by atoms with Gasteiger partial charge < -0.3 is 10.6 Å². The van der Waals surface area contributed by atoms with E-state index in [2.05, 4.69) is 26.9 Å². The first kappa shape index (κ1) is 11.8. The number of anilines is 1. The maximum Gasteiger partial charge on any atom is 0.163 e. The molecule has 0 aliphatic rings. The molecule has 2 aromatic rings. The predicted octanol–water partition coefficient (Wildman–Crippen LogP) is 0.537. The lowest BCUT2D eigenvalue weighted by Gasteiger charge is -2.25. The number of fused-ring (bicyclic) bond motifs is 1. The number of nitrogens with zero attached hydrogens (tertiary/aromatic N) is 5. The van der Waals surface area contributed by atoms with E-state index in [0.717, 1.165) is 23.3 Å². The van der Waals surface area contributed by atoms with Gasteiger partial charge in [-0.15, -0.1) is 0 Å². The number of hydrogen-bond acceptors (Lipinski definition) is 5. The number of nitrogens with two attached hydrogens (primary N) is 1. The van der Waals surface area contributed by atoms with Crippen LogP contribution >= 0.6 is 0 Å². The summed E-state index contributed by atoms with van der Waals surface area (Å²) in [5.41, 5.74) is 6.44. The number of aromatic nitrogens is 4. The van der Waals surface area contributed by atoms with Crippen molar-refractivity contribution < 1.29 is 0 Å². The fourth-order valence-corrected chi connectivity index (χ4v) is 1.87. The van der Waals surface area contributed by atoms with E-state index in [1.54, 1.807) is 17.2 Å². The predicted molar refractivity (Wildman–Crippen MR) is 67.8 cm³/mol. The smallest absolute Gasteiger partial charge is 0.163 e. The second-order valence-electron chi connectivity index (χ2n) is 4.24. The summed E-state index contributed by atoms with van der Waals surface area (Å²) in [6, 6.07) is 0.346. The average molecular weight is 234 g/mol. The van der Waals surface area contributed by atoms with Crippen molar-refractivity contribution in [2.24, 2.45) is 12.8 Å². The SMILES string of the molecule is CC(CCN)N(C)c1ncnc2c1cnn2C. The molecule has 0 amide bonds. The van der Waals surface area contributed by atoms with E-state index < -0.39 is 0 Å². The fourth-order valence-electron chi connectivity index (χ4n) is 1.87. The Balaban J connectivity index is 2.41. The molecule has 0 bridgehead atoms. The van der Waals surface area contributed by atoms with Gasteiger partial charge in [-0.1, -0.05) is 0 Å². The molecule has 0 fully saturated rings. The third kappa shape index (κ3) is 2.08. The van der Waals surface area contributed by atoms with Gasteiger partial charge in [0.25, 0.3) is 0 Å². The van der Waals surface area contributed by atoms with Crippen molar-refractivity contribution in [3.05, 3.63) is 12.5 Å². The van der Waals surface area contributed by atoms with Gasteiger partial charge in [-0.25, -0.2) is 9.97 Å². The molecule has 2 heterocycles. The number of rotatable bonds is 4. The summed E-state index contributed by atoms with van der Waals surface area (Å²) in [4.78, 5) is 10.7. The summed E-state index contributed by atoms with van der Waals surface area (Å²) in [6.45, 7) is 2.81. The molecule has 0 aliphatic carbocycles. The van der Waals surface area contributed by atoms with Gasteiger partial charge in [0.1, 0.15) is 12.1 Å². The van der Waals surface area contributed by atoms with Crippen molar-refractivity contribution >= 4 is 16.9 Å². The molecule has 6 heteroatoms. The first-order valence-electron chi connectivity index (χ1n) is 5.70. The summed E-state index contributed by atoms with van der Waals surface area (Å²) in [7, 11) is 3.90. The van der Waals surface area contributed by atoms with Gasteiger partial charge in [0.2, 0.25) is 0 Å². The molecule has 1 atom stereocenters. The van der Waals surface area contributed by atoms with Gasteiger partial charge in [-0.3, -0.25) is 4.68 Å². The Kier molecular flexibility index (Phi) is 3.23. The molecule has 2 rings (SSSR count). The highest BCUT2D eigenvalue weighted by molar-refractivity contribution is 5.86. The molecule has 0 aromatic carbocycles. The minimum atomic E-state index is 0.346. The molecule has 1 unspecified atom stereocenters. The zero-order chi connectivity index (χ0) is 12.4. The third-order valence-electron chi connectivity index (χ3n) is 3.09. The first-order chi connectivity index (χ1) is 8.15. The highest BCUT2D eigenvalue weighted by Gasteiger charge is 2.15. The molecule has 0 radical (unpaired) electrons. The van der Waals surface area contributed by atoms with Crippen LogP contribution in [-0.2, 0) is 7.05 Å². The summed E-state index contributed by atoms with van der Waals surface area (Å²) < 4.78 is 1.75. The van der Waals surface area contributed by atoms with E-state index in [-0.39, 0.29) is 0 Å². The molecule has 2 aromatic heterocycles. The molecule has 0 aliphatic heterocycles. The molecular formula is C11H18N6. The Bertz CT molecular complexity index is 506. The summed E-state index contributed by atoms with van der Waals surface area (Å²) in [6.07, 6.45) is 4.31. The maximum atomic E-state index is 5.59. The van der Waals surface area contributed by atoms with E-state index >= 15 is 0 Å². The Morgan fingerprint density at radius 2 is 2.24 bits per heavy atom. The first-order valence-corrected chi connectivity index (χ1v) is 5.70. The second-order valence-corrected chi connectivity index (χ2v) is 4.24. The minimum Gasteiger partial charge on any atom is -0.356 e. The van der Waals surface area contributed by atoms with Crippen LogP contribution in [0.4, 0.5) is 5.82 Å². The van der Waals surface area contributed by atoms with Gasteiger partial charge in [-0.05, 0) is 19.9 Å². The van der Waals surface area contributed by atoms with Crippen LogP contribution in [0.15, 0.2) is 12.5 Å². The molecule has 6 nitrogen and oxygen atoms in total. The van der Waals surface area contributed by atoms with Crippen molar-refractivity contribution in [1.82, 2.24) is 19.7 Å². The highest BCUT2D eigenvalue weighted by atomic mass is 15.3. The normalized spacial score (nSPS) is 12.9. The summed E-state index contributed by atoms with van der Waals surface area (Å²) >= 11 is 0. The van der Waals surface area contributed by atoms with E-state index in [4.69, 9.17) is 5.73 Å². The van der Waals surface area contributed by atoms with Crippen LogP contribution in [0.2, 0.25) is 0 Å². The monoisotopic (exact) mass is 234 g/mol. The van der Waals surface area contributed by atoms with Gasteiger partial charge >= 0.3 is 0 Å². The molecule has 17 heavy (non-hydrogen) atoms. The number of hydrogen-bond donors (Lipinski definition) is 1. The summed E-state index contributed by atoms with van der Waals surface area (Å²) in [5, 5.41) is 5.18. The molecule has 2 N–H and O–H groups in total.